The Labute approximate surface area is 118 Å². The highest BCUT2D eigenvalue weighted by atomic mass is 35.5. The predicted octanol–water partition coefficient (Wildman–Crippen LogP) is 2.74. The summed E-state index contributed by atoms with van der Waals surface area (Å²) in [4.78, 5) is 14.1. The van der Waals surface area contributed by atoms with E-state index in [0.717, 1.165) is 6.54 Å². The van der Waals surface area contributed by atoms with Crippen LogP contribution >= 0.6 is 11.6 Å². The van der Waals surface area contributed by atoms with Crippen molar-refractivity contribution in [1.29, 1.82) is 0 Å². The van der Waals surface area contributed by atoms with Crippen molar-refractivity contribution in [3.05, 3.63) is 23.2 Å². The molecule has 4 nitrogen and oxygen atoms in total. The Morgan fingerprint density at radius 3 is 2.84 bits per heavy atom. The van der Waals surface area contributed by atoms with Gasteiger partial charge in [0.15, 0.2) is 0 Å². The van der Waals surface area contributed by atoms with E-state index in [4.69, 9.17) is 17.3 Å². The van der Waals surface area contributed by atoms with Crippen molar-refractivity contribution in [1.82, 2.24) is 4.90 Å². The summed E-state index contributed by atoms with van der Waals surface area (Å²) in [7, 11) is 2.08. The SMILES string of the molecule is CN(CCC(=O)Nc1ccc(Cl)c(N)c1)C1CCC1. The summed E-state index contributed by atoms with van der Waals surface area (Å²) in [6, 6.07) is 5.79. The van der Waals surface area contributed by atoms with Crippen LogP contribution < -0.4 is 11.1 Å². The number of nitrogens with zero attached hydrogens (tertiary/aromatic N) is 1. The van der Waals surface area contributed by atoms with Crippen LogP contribution in [-0.4, -0.2) is 30.4 Å². The van der Waals surface area contributed by atoms with Gasteiger partial charge >= 0.3 is 0 Å². The molecule has 1 fully saturated rings. The minimum absolute atomic E-state index is 0.00731. The number of carbonyl (C=O) groups is 1. The molecule has 1 aliphatic rings. The van der Waals surface area contributed by atoms with Gasteiger partial charge in [0.1, 0.15) is 0 Å². The number of hydrogen-bond donors (Lipinski definition) is 2. The molecule has 104 valence electrons. The van der Waals surface area contributed by atoms with E-state index in [1.165, 1.54) is 19.3 Å². The smallest absolute Gasteiger partial charge is 0.225 e. The van der Waals surface area contributed by atoms with Crippen LogP contribution in [0.3, 0.4) is 0 Å². The molecule has 0 atom stereocenters. The van der Waals surface area contributed by atoms with E-state index in [2.05, 4.69) is 17.3 Å². The Balaban J connectivity index is 1.78. The van der Waals surface area contributed by atoms with Gasteiger partial charge in [-0.3, -0.25) is 4.79 Å². The Morgan fingerprint density at radius 2 is 2.26 bits per heavy atom. The molecule has 1 aromatic rings. The summed E-state index contributed by atoms with van der Waals surface area (Å²) in [5, 5.41) is 3.34. The van der Waals surface area contributed by atoms with Gasteiger partial charge in [0.2, 0.25) is 5.91 Å². The van der Waals surface area contributed by atoms with Crippen LogP contribution in [0.2, 0.25) is 5.02 Å². The van der Waals surface area contributed by atoms with E-state index in [0.29, 0.717) is 28.9 Å². The van der Waals surface area contributed by atoms with Gasteiger partial charge in [-0.15, -0.1) is 0 Å². The molecule has 0 aromatic heterocycles. The summed E-state index contributed by atoms with van der Waals surface area (Å²) < 4.78 is 0. The highest BCUT2D eigenvalue weighted by Gasteiger charge is 2.21. The molecule has 19 heavy (non-hydrogen) atoms. The van der Waals surface area contributed by atoms with Crippen LogP contribution in [0.25, 0.3) is 0 Å². The molecule has 2 rings (SSSR count). The number of amides is 1. The second kappa shape index (κ2) is 6.26. The van der Waals surface area contributed by atoms with Crippen LogP contribution in [0.4, 0.5) is 11.4 Å². The lowest BCUT2D eigenvalue weighted by molar-refractivity contribution is -0.116. The van der Waals surface area contributed by atoms with Crippen LogP contribution in [0, 0.1) is 0 Å². The molecule has 0 aliphatic heterocycles. The normalized spacial score (nSPS) is 15.3. The van der Waals surface area contributed by atoms with Gasteiger partial charge in [0.05, 0.1) is 10.7 Å². The van der Waals surface area contributed by atoms with Crippen molar-refractivity contribution < 1.29 is 4.79 Å². The summed E-state index contributed by atoms with van der Waals surface area (Å²) >= 11 is 5.83. The number of rotatable bonds is 5. The van der Waals surface area contributed by atoms with E-state index in [1.54, 1.807) is 18.2 Å². The molecule has 5 heteroatoms. The zero-order chi connectivity index (χ0) is 13.8. The average molecular weight is 282 g/mol. The van der Waals surface area contributed by atoms with Crippen molar-refractivity contribution >= 4 is 28.9 Å². The zero-order valence-electron chi connectivity index (χ0n) is 11.2. The van der Waals surface area contributed by atoms with Crippen molar-refractivity contribution in [2.75, 3.05) is 24.6 Å². The Kier molecular flexibility index (Phi) is 4.66. The van der Waals surface area contributed by atoms with Gasteiger partial charge in [-0.05, 0) is 38.1 Å². The fourth-order valence-corrected chi connectivity index (χ4v) is 2.25. The number of nitrogens with two attached hydrogens (primary N) is 1. The standard InChI is InChI=1S/C14H20ClN3O/c1-18(11-3-2-4-11)8-7-14(19)17-10-5-6-12(15)13(16)9-10/h5-6,9,11H,2-4,7-8,16H2,1H3,(H,17,19). The predicted molar refractivity (Wildman–Crippen MR) is 79.4 cm³/mol. The third-order valence-electron chi connectivity index (χ3n) is 3.67. The van der Waals surface area contributed by atoms with E-state index in [1.807, 2.05) is 0 Å². The lowest BCUT2D eigenvalue weighted by Crippen LogP contribution is -2.38. The molecule has 1 amide bonds. The number of anilines is 2. The zero-order valence-corrected chi connectivity index (χ0v) is 11.9. The lowest BCUT2D eigenvalue weighted by Gasteiger charge is -2.34. The highest BCUT2D eigenvalue weighted by Crippen LogP contribution is 2.24. The molecule has 0 bridgehead atoms. The maximum Gasteiger partial charge on any atom is 0.225 e. The molecule has 1 aliphatic carbocycles. The Hall–Kier alpha value is -1.26. The fraction of sp³-hybridized carbons (Fsp3) is 0.500. The van der Waals surface area contributed by atoms with Crippen LogP contribution in [0.5, 0.6) is 0 Å². The van der Waals surface area contributed by atoms with Crippen molar-refractivity contribution in [2.45, 2.75) is 31.7 Å². The van der Waals surface area contributed by atoms with Crippen LogP contribution in [-0.2, 0) is 4.79 Å². The number of nitrogens with one attached hydrogen (secondary N) is 1. The third kappa shape index (κ3) is 3.85. The van der Waals surface area contributed by atoms with Crippen LogP contribution in [0.15, 0.2) is 18.2 Å². The lowest BCUT2D eigenvalue weighted by atomic mass is 9.92. The summed E-state index contributed by atoms with van der Waals surface area (Å²) in [5.41, 5.74) is 6.86. The molecule has 0 unspecified atom stereocenters. The van der Waals surface area contributed by atoms with Gasteiger partial charge < -0.3 is 16.0 Å². The van der Waals surface area contributed by atoms with Crippen molar-refractivity contribution in [3.63, 3.8) is 0 Å². The summed E-state index contributed by atoms with van der Waals surface area (Å²) in [5.74, 6) is 0.00731. The molecular weight excluding hydrogens is 262 g/mol. The topological polar surface area (TPSA) is 58.4 Å². The minimum Gasteiger partial charge on any atom is -0.397 e. The average Bonchev–Trinajstić information content (AvgIpc) is 2.29. The summed E-state index contributed by atoms with van der Waals surface area (Å²) in [6.07, 6.45) is 4.32. The molecule has 0 saturated heterocycles. The van der Waals surface area contributed by atoms with Crippen molar-refractivity contribution in [2.24, 2.45) is 0 Å². The molecular formula is C14H20ClN3O. The first kappa shape index (κ1) is 14.2. The maximum absolute atomic E-state index is 11.8. The monoisotopic (exact) mass is 281 g/mol. The van der Waals surface area contributed by atoms with E-state index in [-0.39, 0.29) is 5.91 Å². The third-order valence-corrected chi connectivity index (χ3v) is 4.01. The first-order chi connectivity index (χ1) is 9.06. The number of hydrogen-bond acceptors (Lipinski definition) is 3. The Bertz CT molecular complexity index is 460. The quantitative estimate of drug-likeness (QED) is 0.816. The summed E-state index contributed by atoms with van der Waals surface area (Å²) in [6.45, 7) is 0.791. The van der Waals surface area contributed by atoms with Gasteiger partial charge in [0.25, 0.3) is 0 Å². The molecule has 0 spiro atoms. The van der Waals surface area contributed by atoms with Gasteiger partial charge in [-0.25, -0.2) is 0 Å². The fourth-order valence-electron chi connectivity index (χ4n) is 2.13. The second-order valence-electron chi connectivity index (χ2n) is 5.10. The van der Waals surface area contributed by atoms with Crippen LogP contribution in [0.1, 0.15) is 25.7 Å². The van der Waals surface area contributed by atoms with E-state index in [9.17, 15) is 4.79 Å². The van der Waals surface area contributed by atoms with Crippen molar-refractivity contribution in [3.8, 4) is 0 Å². The molecule has 0 radical (unpaired) electrons. The maximum atomic E-state index is 11.8. The van der Waals surface area contributed by atoms with Gasteiger partial charge in [-0.2, -0.15) is 0 Å². The number of carbonyl (C=O) groups excluding carboxylic acids is 1. The highest BCUT2D eigenvalue weighted by molar-refractivity contribution is 6.33. The van der Waals surface area contributed by atoms with E-state index < -0.39 is 0 Å². The number of halogens is 1. The number of benzene rings is 1. The first-order valence-electron chi connectivity index (χ1n) is 6.61. The first-order valence-corrected chi connectivity index (χ1v) is 6.99. The number of nitrogen functional groups attached to an aromatic ring is 1. The second-order valence-corrected chi connectivity index (χ2v) is 5.51. The minimum atomic E-state index is 0.00731. The Morgan fingerprint density at radius 1 is 1.53 bits per heavy atom. The van der Waals surface area contributed by atoms with Gasteiger partial charge in [0, 0.05) is 24.7 Å². The molecule has 1 saturated carbocycles. The molecule has 0 heterocycles. The largest absolute Gasteiger partial charge is 0.397 e. The van der Waals surface area contributed by atoms with Gasteiger partial charge in [-0.1, -0.05) is 18.0 Å². The molecule has 1 aromatic carbocycles. The molecule has 3 N–H and O–H groups in total. The van der Waals surface area contributed by atoms with E-state index >= 15 is 0 Å².